The number of anilines is 3. The average Bonchev–Trinajstić information content (AvgIpc) is 3.92. The molecule has 4 aromatic heterocycles. The highest BCUT2D eigenvalue weighted by Gasteiger charge is 2.23. The van der Waals surface area contributed by atoms with E-state index in [1.807, 2.05) is 12.1 Å². The molecule has 0 radical (unpaired) electrons. The van der Waals surface area contributed by atoms with E-state index in [-0.39, 0.29) is 0 Å². The molecule has 9 aromatic carbocycles. The van der Waals surface area contributed by atoms with Crippen LogP contribution in [0.1, 0.15) is 0 Å². The van der Waals surface area contributed by atoms with Gasteiger partial charge in [-0.15, -0.1) is 0 Å². The Morgan fingerprint density at radius 1 is 0.339 bits per heavy atom. The number of nitrogens with zero attached hydrogens (tertiary/aromatic N) is 3. The highest BCUT2D eigenvalue weighted by Crippen LogP contribution is 2.45. The summed E-state index contributed by atoms with van der Waals surface area (Å²) in [4.78, 5) is 2.41. The lowest BCUT2D eigenvalue weighted by Gasteiger charge is -2.27. The Labute approximate surface area is 320 Å². The van der Waals surface area contributed by atoms with Crippen molar-refractivity contribution in [3.63, 3.8) is 0 Å². The minimum atomic E-state index is 0.881. The summed E-state index contributed by atoms with van der Waals surface area (Å²) in [5.41, 5.74) is 14.6. The number of para-hydroxylation sites is 3. The van der Waals surface area contributed by atoms with E-state index in [2.05, 4.69) is 190 Å². The van der Waals surface area contributed by atoms with Gasteiger partial charge in [-0.05, 0) is 88.6 Å². The molecule has 0 N–H and O–H groups in total. The van der Waals surface area contributed by atoms with E-state index in [1.54, 1.807) is 0 Å². The van der Waals surface area contributed by atoms with Crippen LogP contribution in [0.2, 0.25) is 0 Å². The molecule has 0 unspecified atom stereocenters. The van der Waals surface area contributed by atoms with Crippen molar-refractivity contribution in [2.45, 2.75) is 0 Å². The van der Waals surface area contributed by atoms with Crippen LogP contribution >= 0.6 is 0 Å². The van der Waals surface area contributed by atoms with Crippen molar-refractivity contribution in [3.8, 4) is 11.1 Å². The Kier molecular flexibility index (Phi) is 5.86. The minimum Gasteiger partial charge on any atom is -0.456 e. The maximum absolute atomic E-state index is 6.32. The zero-order chi connectivity index (χ0) is 36.5. The molecule has 13 aromatic rings. The van der Waals surface area contributed by atoms with E-state index in [0.717, 1.165) is 44.5 Å². The minimum absolute atomic E-state index is 0.881. The molecule has 0 saturated heterocycles. The average molecular weight is 714 g/mol. The van der Waals surface area contributed by atoms with Crippen molar-refractivity contribution in [3.05, 3.63) is 188 Å². The third kappa shape index (κ3) is 3.97. The lowest BCUT2D eigenvalue weighted by atomic mass is 9.97. The summed E-state index contributed by atoms with van der Waals surface area (Å²) in [6, 6.07) is 68.4. The molecule has 0 spiro atoms. The van der Waals surface area contributed by atoms with Gasteiger partial charge in [0.1, 0.15) is 11.2 Å². The first-order valence-corrected chi connectivity index (χ1v) is 19.2. The number of fused-ring (bicyclic) bond motifs is 13. The molecule has 0 fully saturated rings. The van der Waals surface area contributed by atoms with Crippen molar-refractivity contribution in [1.29, 1.82) is 0 Å². The molecule has 4 heterocycles. The highest BCUT2D eigenvalue weighted by molar-refractivity contribution is 6.25. The quantitative estimate of drug-likeness (QED) is 0.170. The Morgan fingerprint density at radius 3 is 1.73 bits per heavy atom. The van der Waals surface area contributed by atoms with E-state index in [1.165, 1.54) is 71.0 Å². The van der Waals surface area contributed by atoms with E-state index in [4.69, 9.17) is 4.42 Å². The molecular weight excluding hydrogens is 683 g/mol. The SMILES string of the molecule is c1cc(-c2cccc3ccccc23)cc(N(c2ccc3oc4ccccc4c3c2)c2ccc3c(c2)n2c4ccccc4c4ccc5c6ccccc6n3c5c42)c1. The van der Waals surface area contributed by atoms with Crippen molar-refractivity contribution in [2.75, 3.05) is 4.90 Å². The van der Waals surface area contributed by atoms with Crippen LogP contribution in [0.4, 0.5) is 17.1 Å². The van der Waals surface area contributed by atoms with Gasteiger partial charge >= 0.3 is 0 Å². The predicted octanol–water partition coefficient (Wildman–Crippen LogP) is 14.4. The van der Waals surface area contributed by atoms with E-state index in [9.17, 15) is 0 Å². The molecule has 4 heteroatoms. The van der Waals surface area contributed by atoms with Crippen molar-refractivity contribution in [1.82, 2.24) is 8.80 Å². The third-order valence-electron chi connectivity index (χ3n) is 12.0. The summed E-state index contributed by atoms with van der Waals surface area (Å²) in [5.74, 6) is 0. The summed E-state index contributed by atoms with van der Waals surface area (Å²) in [5, 5.41) is 9.76. The Balaban J connectivity index is 1.13. The molecule has 0 bridgehead atoms. The number of aromatic nitrogens is 2. The van der Waals surface area contributed by atoms with Gasteiger partial charge in [-0.1, -0.05) is 121 Å². The van der Waals surface area contributed by atoms with Crippen LogP contribution in [0.5, 0.6) is 0 Å². The largest absolute Gasteiger partial charge is 0.456 e. The molecule has 0 aliphatic heterocycles. The summed E-state index contributed by atoms with van der Waals surface area (Å²) < 4.78 is 11.3. The molecule has 0 saturated carbocycles. The van der Waals surface area contributed by atoms with Crippen LogP contribution in [0.25, 0.3) is 98.5 Å². The maximum atomic E-state index is 6.32. The van der Waals surface area contributed by atoms with Gasteiger partial charge < -0.3 is 18.1 Å². The van der Waals surface area contributed by atoms with Crippen LogP contribution in [0.3, 0.4) is 0 Å². The van der Waals surface area contributed by atoms with E-state index >= 15 is 0 Å². The molecule has 260 valence electrons. The van der Waals surface area contributed by atoms with Gasteiger partial charge in [0.05, 0.1) is 33.1 Å². The van der Waals surface area contributed by atoms with E-state index < -0.39 is 0 Å². The second kappa shape index (κ2) is 11.0. The first kappa shape index (κ1) is 29.8. The Morgan fingerprint density at radius 2 is 0.929 bits per heavy atom. The van der Waals surface area contributed by atoms with Gasteiger partial charge in [-0.3, -0.25) is 0 Å². The Hall–Kier alpha value is -7.56. The zero-order valence-electron chi connectivity index (χ0n) is 30.1. The molecule has 0 amide bonds. The maximum Gasteiger partial charge on any atom is 0.135 e. The third-order valence-corrected chi connectivity index (χ3v) is 12.0. The number of benzene rings is 9. The number of hydrogen-bond donors (Lipinski definition) is 0. The van der Waals surface area contributed by atoms with Gasteiger partial charge in [0, 0.05) is 49.4 Å². The van der Waals surface area contributed by atoms with Gasteiger partial charge in [-0.2, -0.15) is 0 Å². The Bertz CT molecular complexity index is 3730. The smallest absolute Gasteiger partial charge is 0.135 e. The molecule has 0 atom stereocenters. The zero-order valence-corrected chi connectivity index (χ0v) is 30.1. The van der Waals surface area contributed by atoms with Crippen LogP contribution in [-0.4, -0.2) is 8.80 Å². The van der Waals surface area contributed by atoms with Gasteiger partial charge in [-0.25, -0.2) is 0 Å². The summed E-state index contributed by atoms with van der Waals surface area (Å²) in [6.07, 6.45) is 0. The fourth-order valence-electron chi connectivity index (χ4n) is 9.61. The number of furan rings is 1. The van der Waals surface area contributed by atoms with E-state index in [0.29, 0.717) is 0 Å². The van der Waals surface area contributed by atoms with Gasteiger partial charge in [0.15, 0.2) is 0 Å². The second-order valence-corrected chi connectivity index (χ2v) is 14.9. The molecule has 4 nitrogen and oxygen atoms in total. The van der Waals surface area contributed by atoms with Crippen LogP contribution in [0, 0.1) is 0 Å². The lowest BCUT2D eigenvalue weighted by Crippen LogP contribution is -2.10. The van der Waals surface area contributed by atoms with Crippen molar-refractivity contribution in [2.24, 2.45) is 0 Å². The normalized spacial score (nSPS) is 12.3. The fourth-order valence-corrected chi connectivity index (χ4v) is 9.61. The second-order valence-electron chi connectivity index (χ2n) is 14.9. The molecule has 56 heavy (non-hydrogen) atoms. The molecular formula is C52H31N3O. The van der Waals surface area contributed by atoms with Crippen LogP contribution < -0.4 is 4.90 Å². The standard InChI is InChI=1S/C52H31N3O/c1-2-15-37-32(11-1)12-10-19-38(37)33-13-9-14-34(29-33)53(35-24-28-50-44(30-35)41-18-5-8-22-49(41)56-50)36-23-27-47-48(31-36)55-46-21-7-4-17-40(46)43-26-25-42-39-16-3-6-20-45(39)54(47)51(42)52(43)55/h1-31H. The van der Waals surface area contributed by atoms with Gasteiger partial charge in [0.25, 0.3) is 0 Å². The number of rotatable bonds is 4. The fraction of sp³-hybridized carbons (Fsp3) is 0. The predicted molar refractivity (Wildman–Crippen MR) is 234 cm³/mol. The topological polar surface area (TPSA) is 25.2 Å². The molecule has 0 aliphatic rings. The lowest BCUT2D eigenvalue weighted by molar-refractivity contribution is 0.669. The number of hydrogen-bond acceptors (Lipinski definition) is 2. The van der Waals surface area contributed by atoms with Crippen molar-refractivity contribution >= 4 is 104 Å². The monoisotopic (exact) mass is 713 g/mol. The van der Waals surface area contributed by atoms with Gasteiger partial charge in [0.2, 0.25) is 0 Å². The summed E-state index contributed by atoms with van der Waals surface area (Å²) in [6.45, 7) is 0. The van der Waals surface area contributed by atoms with Crippen molar-refractivity contribution < 1.29 is 4.42 Å². The first-order valence-electron chi connectivity index (χ1n) is 19.2. The molecule has 0 aliphatic carbocycles. The van der Waals surface area contributed by atoms with Crippen LogP contribution in [0.15, 0.2) is 192 Å². The first-order chi connectivity index (χ1) is 27.8. The summed E-state index contributed by atoms with van der Waals surface area (Å²) >= 11 is 0. The highest BCUT2D eigenvalue weighted by atomic mass is 16.3. The summed E-state index contributed by atoms with van der Waals surface area (Å²) in [7, 11) is 0. The van der Waals surface area contributed by atoms with Crippen LogP contribution in [-0.2, 0) is 0 Å². The molecule has 13 rings (SSSR count).